The maximum Gasteiger partial charge on any atom is 0.205 e. The summed E-state index contributed by atoms with van der Waals surface area (Å²) in [6.45, 7) is 4.07. The van der Waals surface area contributed by atoms with E-state index >= 15 is 0 Å². The normalized spacial score (nSPS) is 23.2. The van der Waals surface area contributed by atoms with Crippen LogP contribution in [0.3, 0.4) is 0 Å². The Labute approximate surface area is 190 Å². The second-order valence-electron chi connectivity index (χ2n) is 8.78. The predicted octanol–water partition coefficient (Wildman–Crippen LogP) is 5.18. The van der Waals surface area contributed by atoms with Crippen molar-refractivity contribution in [2.75, 3.05) is 26.2 Å². The molecule has 1 fully saturated rings. The summed E-state index contributed by atoms with van der Waals surface area (Å²) in [5.41, 5.74) is 3.32. The van der Waals surface area contributed by atoms with Gasteiger partial charge in [0.05, 0.1) is 5.92 Å². The standard InChI is InChI=1S/C28H31NO3/c30-28-27(21-9-3-1-4-10-21)26(24-11-5-6-12-25(24)32-28)22-13-15-23(16-14-22)31-20-19-29-17-7-2-8-18-29/h1,3-6,9-16,26-28,30H,2,7-8,17-20H2. The number of piperidine rings is 1. The molecule has 2 aliphatic heterocycles. The van der Waals surface area contributed by atoms with E-state index < -0.39 is 6.29 Å². The first-order chi connectivity index (χ1) is 15.8. The molecule has 0 saturated carbocycles. The summed E-state index contributed by atoms with van der Waals surface area (Å²) in [7, 11) is 0. The summed E-state index contributed by atoms with van der Waals surface area (Å²) in [6.07, 6.45) is 3.05. The third-order valence-corrected chi connectivity index (χ3v) is 6.72. The highest BCUT2D eigenvalue weighted by Crippen LogP contribution is 2.48. The van der Waals surface area contributed by atoms with Crippen molar-refractivity contribution in [3.8, 4) is 11.5 Å². The Morgan fingerprint density at radius 3 is 2.31 bits per heavy atom. The molecular weight excluding hydrogens is 398 g/mol. The lowest BCUT2D eigenvalue weighted by Gasteiger charge is -2.37. The first kappa shape index (κ1) is 21.0. The van der Waals surface area contributed by atoms with Gasteiger partial charge in [0.1, 0.15) is 18.1 Å². The van der Waals surface area contributed by atoms with Crippen molar-refractivity contribution in [3.63, 3.8) is 0 Å². The minimum Gasteiger partial charge on any atom is -0.492 e. The number of para-hydroxylation sites is 1. The fourth-order valence-corrected chi connectivity index (χ4v) is 5.07. The van der Waals surface area contributed by atoms with Gasteiger partial charge in [-0.1, -0.05) is 67.1 Å². The van der Waals surface area contributed by atoms with Crippen LogP contribution in [0.15, 0.2) is 78.9 Å². The van der Waals surface area contributed by atoms with Crippen LogP contribution in [-0.4, -0.2) is 42.5 Å². The van der Waals surface area contributed by atoms with Crippen LogP contribution in [0, 0.1) is 0 Å². The molecule has 3 atom stereocenters. The number of nitrogens with zero attached hydrogens (tertiary/aromatic N) is 1. The topological polar surface area (TPSA) is 41.9 Å². The van der Waals surface area contributed by atoms with E-state index in [1.807, 2.05) is 36.4 Å². The Bertz CT molecular complexity index is 999. The van der Waals surface area contributed by atoms with Crippen LogP contribution in [0.1, 0.15) is 47.8 Å². The van der Waals surface area contributed by atoms with E-state index in [1.54, 1.807) is 0 Å². The zero-order chi connectivity index (χ0) is 21.8. The van der Waals surface area contributed by atoms with E-state index in [9.17, 15) is 5.11 Å². The largest absolute Gasteiger partial charge is 0.492 e. The molecule has 0 aromatic heterocycles. The number of likely N-dealkylation sites (tertiary alicyclic amines) is 1. The van der Waals surface area contributed by atoms with Gasteiger partial charge in [0.15, 0.2) is 0 Å². The van der Waals surface area contributed by atoms with Gasteiger partial charge in [0.2, 0.25) is 6.29 Å². The second kappa shape index (κ2) is 9.76. The highest BCUT2D eigenvalue weighted by Gasteiger charge is 2.39. The number of fused-ring (bicyclic) bond motifs is 1. The zero-order valence-electron chi connectivity index (χ0n) is 18.4. The summed E-state index contributed by atoms with van der Waals surface area (Å²) in [6, 6.07) is 26.5. The van der Waals surface area contributed by atoms with Gasteiger partial charge >= 0.3 is 0 Å². The van der Waals surface area contributed by atoms with Gasteiger partial charge in [-0.05, 0) is 55.3 Å². The van der Waals surface area contributed by atoms with Crippen LogP contribution in [0.2, 0.25) is 0 Å². The number of ether oxygens (including phenoxy) is 2. The minimum atomic E-state index is -0.905. The molecule has 166 valence electrons. The highest BCUT2D eigenvalue weighted by molar-refractivity contribution is 5.48. The van der Waals surface area contributed by atoms with Crippen LogP contribution >= 0.6 is 0 Å². The second-order valence-corrected chi connectivity index (χ2v) is 8.78. The lowest BCUT2D eigenvalue weighted by atomic mass is 9.75. The van der Waals surface area contributed by atoms with E-state index in [0.29, 0.717) is 6.61 Å². The van der Waals surface area contributed by atoms with Crippen LogP contribution in [0.4, 0.5) is 0 Å². The smallest absolute Gasteiger partial charge is 0.205 e. The molecule has 1 N–H and O–H groups in total. The molecule has 0 radical (unpaired) electrons. The lowest BCUT2D eigenvalue weighted by Crippen LogP contribution is -2.34. The van der Waals surface area contributed by atoms with Gasteiger partial charge in [-0.25, -0.2) is 0 Å². The Balaban J connectivity index is 1.37. The van der Waals surface area contributed by atoms with Gasteiger partial charge in [0.25, 0.3) is 0 Å². The summed E-state index contributed by atoms with van der Waals surface area (Å²) >= 11 is 0. The summed E-state index contributed by atoms with van der Waals surface area (Å²) in [5.74, 6) is 1.46. The van der Waals surface area contributed by atoms with Crippen molar-refractivity contribution in [3.05, 3.63) is 95.6 Å². The minimum absolute atomic E-state index is 0.000232. The van der Waals surface area contributed by atoms with Crippen LogP contribution in [0.25, 0.3) is 0 Å². The SMILES string of the molecule is OC1Oc2ccccc2C(c2ccc(OCCN3CCCCC3)cc2)C1c1ccccc1. The molecule has 4 heteroatoms. The molecule has 2 heterocycles. The highest BCUT2D eigenvalue weighted by atomic mass is 16.6. The molecule has 1 saturated heterocycles. The maximum atomic E-state index is 10.9. The first-order valence-corrected chi connectivity index (χ1v) is 11.7. The molecule has 4 nitrogen and oxygen atoms in total. The van der Waals surface area contributed by atoms with Gasteiger partial charge in [-0.2, -0.15) is 0 Å². The summed E-state index contributed by atoms with van der Waals surface area (Å²) in [5, 5.41) is 10.9. The zero-order valence-corrected chi connectivity index (χ0v) is 18.4. The summed E-state index contributed by atoms with van der Waals surface area (Å²) in [4.78, 5) is 2.49. The molecule has 0 amide bonds. The number of hydrogen-bond donors (Lipinski definition) is 1. The molecule has 3 aromatic carbocycles. The maximum absolute atomic E-state index is 10.9. The van der Waals surface area contributed by atoms with Gasteiger partial charge in [0, 0.05) is 18.0 Å². The monoisotopic (exact) mass is 429 g/mol. The lowest BCUT2D eigenvalue weighted by molar-refractivity contribution is -0.0530. The fourth-order valence-electron chi connectivity index (χ4n) is 5.07. The molecule has 0 spiro atoms. The average molecular weight is 430 g/mol. The Morgan fingerprint density at radius 1 is 0.812 bits per heavy atom. The number of hydrogen-bond acceptors (Lipinski definition) is 4. The number of aliphatic hydroxyl groups excluding tert-OH is 1. The first-order valence-electron chi connectivity index (χ1n) is 11.7. The Hall–Kier alpha value is -2.82. The van der Waals surface area contributed by atoms with Crippen LogP contribution < -0.4 is 9.47 Å². The third kappa shape index (κ3) is 4.52. The van der Waals surface area contributed by atoms with Gasteiger partial charge in [-0.15, -0.1) is 0 Å². The summed E-state index contributed by atoms with van der Waals surface area (Å²) < 4.78 is 11.9. The van der Waals surface area contributed by atoms with Crippen molar-refractivity contribution in [1.29, 1.82) is 0 Å². The van der Waals surface area contributed by atoms with E-state index in [1.165, 1.54) is 32.4 Å². The van der Waals surface area contributed by atoms with Crippen LogP contribution in [-0.2, 0) is 0 Å². The molecule has 3 aromatic rings. The third-order valence-electron chi connectivity index (χ3n) is 6.72. The average Bonchev–Trinajstić information content (AvgIpc) is 2.85. The Kier molecular flexibility index (Phi) is 6.42. The van der Waals surface area contributed by atoms with Gasteiger partial charge < -0.3 is 14.6 Å². The number of rotatable bonds is 6. The van der Waals surface area contributed by atoms with Gasteiger partial charge in [-0.3, -0.25) is 4.90 Å². The van der Waals surface area contributed by atoms with E-state index in [-0.39, 0.29) is 11.8 Å². The Morgan fingerprint density at radius 2 is 1.53 bits per heavy atom. The number of benzene rings is 3. The molecule has 32 heavy (non-hydrogen) atoms. The number of aliphatic hydroxyl groups is 1. The van der Waals surface area contributed by atoms with Crippen LogP contribution in [0.5, 0.6) is 11.5 Å². The van der Waals surface area contributed by atoms with Crippen molar-refractivity contribution < 1.29 is 14.6 Å². The molecular formula is C28H31NO3. The van der Waals surface area contributed by atoms with E-state index in [2.05, 4.69) is 47.4 Å². The fraction of sp³-hybridized carbons (Fsp3) is 0.357. The molecule has 2 aliphatic rings. The molecule has 3 unspecified atom stereocenters. The predicted molar refractivity (Wildman–Crippen MR) is 126 cm³/mol. The quantitative estimate of drug-likeness (QED) is 0.586. The van der Waals surface area contributed by atoms with Crippen molar-refractivity contribution in [2.24, 2.45) is 0 Å². The van der Waals surface area contributed by atoms with Crippen molar-refractivity contribution in [2.45, 2.75) is 37.4 Å². The van der Waals surface area contributed by atoms with Crippen molar-refractivity contribution in [1.82, 2.24) is 4.90 Å². The van der Waals surface area contributed by atoms with E-state index in [0.717, 1.165) is 34.7 Å². The molecule has 5 rings (SSSR count). The van der Waals surface area contributed by atoms with Crippen molar-refractivity contribution >= 4 is 0 Å². The van der Waals surface area contributed by atoms with E-state index in [4.69, 9.17) is 9.47 Å². The molecule has 0 bridgehead atoms. The molecule has 0 aliphatic carbocycles.